The van der Waals surface area contributed by atoms with Crippen molar-refractivity contribution in [2.24, 2.45) is 0 Å². The molecule has 1 heterocycles. The van der Waals surface area contributed by atoms with Gasteiger partial charge < -0.3 is 28.3 Å². The summed E-state index contributed by atoms with van der Waals surface area (Å²) in [5, 5.41) is 2.79. The number of hydrogen-bond acceptors (Lipinski definition) is 7. The Kier molecular flexibility index (Phi) is 8.77. The normalized spacial score (nSPS) is 11.5. The maximum atomic E-state index is 13.3. The number of carbonyl (C=O) groups is 1. The van der Waals surface area contributed by atoms with E-state index in [1.54, 1.807) is 42.5 Å². The highest BCUT2D eigenvalue weighted by atomic mass is 32.2. The minimum absolute atomic E-state index is 0.0142. The standard InChI is InChI=1S/C28H25F3N2O7S/c1-37-24-11-4-3-10-23(24)32-27(34)33(18-21-8-6-14-39-21)17-19-12-13-25(38-2)26(15-19)40-41(35,36)22-9-5-7-20(16-22)28(29,30)31/h3-16H,17-18H2,1-2H3,(H,32,34). The molecule has 4 aromatic rings. The number of carbonyl (C=O) groups excluding carboxylic acids is 1. The molecule has 1 aromatic heterocycles. The van der Waals surface area contributed by atoms with Crippen LogP contribution in [0.25, 0.3) is 0 Å². The number of amides is 2. The number of furan rings is 1. The molecule has 0 spiro atoms. The highest BCUT2D eigenvalue weighted by Crippen LogP contribution is 2.34. The van der Waals surface area contributed by atoms with Crippen molar-refractivity contribution in [3.05, 3.63) is 102 Å². The molecule has 0 saturated carbocycles. The van der Waals surface area contributed by atoms with Gasteiger partial charge in [-0.3, -0.25) is 0 Å². The van der Waals surface area contributed by atoms with Crippen LogP contribution in [-0.2, 0) is 29.4 Å². The van der Waals surface area contributed by atoms with Gasteiger partial charge in [-0.25, -0.2) is 4.79 Å². The SMILES string of the molecule is COc1ccccc1NC(=O)N(Cc1ccc(OC)c(OS(=O)(=O)c2cccc(C(F)(F)F)c2)c1)Cc1ccco1. The zero-order chi connectivity index (χ0) is 29.6. The van der Waals surface area contributed by atoms with Gasteiger partial charge in [-0.05, 0) is 60.2 Å². The largest absolute Gasteiger partial charge is 0.495 e. The van der Waals surface area contributed by atoms with Crippen molar-refractivity contribution in [1.29, 1.82) is 0 Å². The minimum atomic E-state index is -4.75. The summed E-state index contributed by atoms with van der Waals surface area (Å²) in [6.07, 6.45) is -3.28. The summed E-state index contributed by atoms with van der Waals surface area (Å²) in [7, 11) is -1.93. The van der Waals surface area contributed by atoms with E-state index in [9.17, 15) is 26.4 Å². The summed E-state index contributed by atoms with van der Waals surface area (Å²) in [4.78, 5) is 14.0. The number of hydrogen-bond donors (Lipinski definition) is 1. The summed E-state index contributed by atoms with van der Waals surface area (Å²) < 4.78 is 86.4. The van der Waals surface area contributed by atoms with Crippen LogP contribution in [0.4, 0.5) is 23.7 Å². The Bertz CT molecular complexity index is 1610. The van der Waals surface area contributed by atoms with E-state index in [-0.39, 0.29) is 24.6 Å². The lowest BCUT2D eigenvalue weighted by Gasteiger charge is -2.23. The molecule has 0 unspecified atom stereocenters. The lowest BCUT2D eigenvalue weighted by molar-refractivity contribution is -0.137. The molecular weight excluding hydrogens is 565 g/mol. The van der Waals surface area contributed by atoms with Crippen molar-refractivity contribution < 1.29 is 44.5 Å². The molecule has 13 heteroatoms. The van der Waals surface area contributed by atoms with Gasteiger partial charge in [-0.15, -0.1) is 0 Å². The Labute approximate surface area is 234 Å². The van der Waals surface area contributed by atoms with Gasteiger partial charge in [-0.2, -0.15) is 21.6 Å². The first kappa shape index (κ1) is 29.3. The zero-order valence-electron chi connectivity index (χ0n) is 21.8. The van der Waals surface area contributed by atoms with Crippen molar-refractivity contribution in [3.8, 4) is 17.2 Å². The average Bonchev–Trinajstić information content (AvgIpc) is 3.46. The van der Waals surface area contributed by atoms with E-state index >= 15 is 0 Å². The van der Waals surface area contributed by atoms with Crippen LogP contribution >= 0.6 is 0 Å². The smallest absolute Gasteiger partial charge is 0.416 e. The average molecular weight is 591 g/mol. The molecule has 0 fully saturated rings. The number of benzene rings is 3. The number of para-hydroxylation sites is 2. The van der Waals surface area contributed by atoms with E-state index in [0.29, 0.717) is 28.8 Å². The second kappa shape index (κ2) is 12.3. The second-order valence-corrected chi connectivity index (χ2v) is 10.2. The van der Waals surface area contributed by atoms with Gasteiger partial charge in [0.2, 0.25) is 0 Å². The molecule has 216 valence electrons. The van der Waals surface area contributed by atoms with Crippen molar-refractivity contribution in [3.63, 3.8) is 0 Å². The Morgan fingerprint density at radius 1 is 0.878 bits per heavy atom. The number of nitrogens with zero attached hydrogens (tertiary/aromatic N) is 1. The fourth-order valence-electron chi connectivity index (χ4n) is 3.83. The van der Waals surface area contributed by atoms with Gasteiger partial charge in [0.1, 0.15) is 16.4 Å². The predicted molar refractivity (Wildman–Crippen MR) is 142 cm³/mol. The molecule has 0 aliphatic rings. The Morgan fingerprint density at radius 2 is 1.63 bits per heavy atom. The maximum absolute atomic E-state index is 13.3. The summed E-state index contributed by atoms with van der Waals surface area (Å²) in [6, 6.07) is 17.2. The molecule has 4 rings (SSSR count). The number of alkyl halides is 3. The van der Waals surface area contributed by atoms with Crippen LogP contribution < -0.4 is 19.0 Å². The van der Waals surface area contributed by atoms with Crippen LogP contribution in [0, 0.1) is 0 Å². The molecule has 0 atom stereocenters. The summed E-state index contributed by atoms with van der Waals surface area (Å²) in [5.41, 5.74) is -0.283. The van der Waals surface area contributed by atoms with Crippen molar-refractivity contribution in [1.82, 2.24) is 4.90 Å². The second-order valence-electron chi connectivity index (χ2n) is 8.61. The molecule has 1 N–H and O–H groups in total. The zero-order valence-corrected chi connectivity index (χ0v) is 22.7. The number of halogens is 3. The maximum Gasteiger partial charge on any atom is 0.416 e. The van der Waals surface area contributed by atoms with Crippen LogP contribution in [0.5, 0.6) is 17.2 Å². The molecule has 0 radical (unpaired) electrons. The van der Waals surface area contributed by atoms with Gasteiger partial charge in [0.25, 0.3) is 0 Å². The van der Waals surface area contributed by atoms with Crippen LogP contribution in [0.1, 0.15) is 16.9 Å². The van der Waals surface area contributed by atoms with Crippen LogP contribution in [0.3, 0.4) is 0 Å². The summed E-state index contributed by atoms with van der Waals surface area (Å²) in [5.74, 6) is 0.668. The fourth-order valence-corrected chi connectivity index (χ4v) is 4.81. The first-order valence-electron chi connectivity index (χ1n) is 12.0. The highest BCUT2D eigenvalue weighted by Gasteiger charge is 2.32. The summed E-state index contributed by atoms with van der Waals surface area (Å²) in [6.45, 7) is 0.0182. The van der Waals surface area contributed by atoms with Crippen LogP contribution in [0.2, 0.25) is 0 Å². The molecule has 2 amide bonds. The van der Waals surface area contributed by atoms with E-state index in [2.05, 4.69) is 5.32 Å². The van der Waals surface area contributed by atoms with Crippen molar-refractivity contribution in [2.75, 3.05) is 19.5 Å². The molecule has 0 saturated heterocycles. The molecule has 41 heavy (non-hydrogen) atoms. The third-order valence-electron chi connectivity index (χ3n) is 5.81. The number of methoxy groups -OCH3 is 2. The van der Waals surface area contributed by atoms with Gasteiger partial charge in [0.15, 0.2) is 11.5 Å². The Morgan fingerprint density at radius 3 is 2.32 bits per heavy atom. The minimum Gasteiger partial charge on any atom is -0.495 e. The van der Waals surface area contributed by atoms with E-state index in [1.807, 2.05) is 0 Å². The molecule has 0 aliphatic heterocycles. The number of anilines is 1. The fraction of sp³-hybridized carbons (Fsp3) is 0.179. The molecule has 0 aliphatic carbocycles. The first-order valence-corrected chi connectivity index (χ1v) is 13.4. The third-order valence-corrected chi connectivity index (χ3v) is 7.04. The van der Waals surface area contributed by atoms with Crippen LogP contribution in [-0.4, -0.2) is 33.6 Å². The van der Waals surface area contributed by atoms with Gasteiger partial charge in [0, 0.05) is 6.54 Å². The van der Waals surface area contributed by atoms with Gasteiger partial charge >= 0.3 is 22.3 Å². The molecular formula is C28H25F3N2O7S. The lowest BCUT2D eigenvalue weighted by Crippen LogP contribution is -2.34. The lowest BCUT2D eigenvalue weighted by atomic mass is 10.2. The van der Waals surface area contributed by atoms with Crippen LogP contribution in [0.15, 0.2) is 94.4 Å². The Balaban J connectivity index is 1.62. The third kappa shape index (κ3) is 7.31. The topological polar surface area (TPSA) is 107 Å². The van der Waals surface area contributed by atoms with E-state index < -0.39 is 32.8 Å². The molecule has 3 aromatic carbocycles. The summed E-state index contributed by atoms with van der Waals surface area (Å²) >= 11 is 0. The number of rotatable bonds is 10. The molecule has 0 bridgehead atoms. The highest BCUT2D eigenvalue weighted by molar-refractivity contribution is 7.87. The van der Waals surface area contributed by atoms with E-state index in [0.717, 1.165) is 18.2 Å². The molecule has 9 nitrogen and oxygen atoms in total. The van der Waals surface area contributed by atoms with Gasteiger partial charge in [-0.1, -0.05) is 24.3 Å². The predicted octanol–water partition coefficient (Wildman–Crippen LogP) is 6.32. The van der Waals surface area contributed by atoms with Crippen molar-refractivity contribution >= 4 is 21.8 Å². The van der Waals surface area contributed by atoms with Crippen molar-refractivity contribution in [2.45, 2.75) is 24.2 Å². The monoisotopic (exact) mass is 590 g/mol. The Hall–Kier alpha value is -4.65. The van der Waals surface area contributed by atoms with Gasteiger partial charge in [0.05, 0.1) is 38.3 Å². The quantitative estimate of drug-likeness (QED) is 0.216. The number of nitrogens with one attached hydrogen (secondary N) is 1. The number of ether oxygens (including phenoxy) is 2. The van der Waals surface area contributed by atoms with E-state index in [1.165, 1.54) is 37.5 Å². The first-order chi connectivity index (χ1) is 19.5. The van der Waals surface area contributed by atoms with E-state index in [4.69, 9.17) is 18.1 Å². The number of urea groups is 1.